The minimum Gasteiger partial charge on any atom is -0.443 e. The molecule has 2 aliphatic carbocycles. The van der Waals surface area contributed by atoms with Crippen molar-refractivity contribution in [2.24, 2.45) is 27.6 Å². The molecule has 1 saturated heterocycles. The van der Waals surface area contributed by atoms with E-state index in [2.05, 4.69) is 65.5 Å². The number of nitrogens with zero attached hydrogens (tertiary/aromatic N) is 10. The second-order valence-corrected chi connectivity index (χ2v) is 37.6. The number of aldehydes is 1. The van der Waals surface area contributed by atoms with Crippen molar-refractivity contribution in [3.63, 3.8) is 0 Å². The van der Waals surface area contributed by atoms with Gasteiger partial charge in [0.15, 0.2) is 21.4 Å². The summed E-state index contributed by atoms with van der Waals surface area (Å²) >= 11 is 21.9. The Morgan fingerprint density at radius 3 is 1.65 bits per heavy atom. The molecular formula is C65H78BBrCl3F4N11O8S2Si. The quantitative estimate of drug-likeness (QED) is 0.0272. The Balaban J connectivity index is 0.000000216. The molecule has 5 aromatic rings. The lowest BCUT2D eigenvalue weighted by Crippen LogP contribution is -2.49. The fourth-order valence-electron chi connectivity index (χ4n) is 10.6. The van der Waals surface area contributed by atoms with E-state index in [0.717, 1.165) is 12.2 Å². The van der Waals surface area contributed by atoms with E-state index in [9.17, 15) is 32.3 Å². The van der Waals surface area contributed by atoms with E-state index in [4.69, 9.17) is 64.3 Å². The predicted molar refractivity (Wildman–Crippen MR) is 379 cm³/mol. The number of hydrogen-bond donors (Lipinski definition) is 1. The van der Waals surface area contributed by atoms with Crippen LogP contribution in [-0.2, 0) is 39.4 Å². The second-order valence-electron chi connectivity index (χ2n) is 27.3. The number of fused-ring (bicyclic) bond motifs is 2. The van der Waals surface area contributed by atoms with Gasteiger partial charge in [-0.3, -0.25) is 39.3 Å². The molecule has 516 valence electrons. The molecular weight excluding hydrogens is 1430 g/mol. The number of amides is 3. The minimum atomic E-state index is -1.40. The van der Waals surface area contributed by atoms with Crippen molar-refractivity contribution in [3.8, 4) is 0 Å². The molecule has 31 heteroatoms. The number of carbonyl (C=O) groups excluding carboxylic acids is 4. The summed E-state index contributed by atoms with van der Waals surface area (Å²) in [5.74, 6) is -2.99. The lowest BCUT2D eigenvalue weighted by molar-refractivity contribution is -0.130. The molecule has 3 aliphatic heterocycles. The fraction of sp³-hybridized carbons (Fsp3) is 0.462. The highest BCUT2D eigenvalue weighted by Crippen LogP contribution is 2.68. The average Bonchev–Trinajstić information content (AvgIpc) is 1.53. The normalized spacial score (nSPS) is 23.7. The lowest BCUT2D eigenvalue weighted by atomic mass is 9.77. The first kappa shape index (κ1) is 77.5. The first-order valence-corrected chi connectivity index (χ1v) is 37.5. The summed E-state index contributed by atoms with van der Waals surface area (Å²) in [6.07, 6.45) is 10.3. The number of aromatic nitrogens is 5. The maximum absolute atomic E-state index is 15.8. The summed E-state index contributed by atoms with van der Waals surface area (Å²) in [6, 6.07) is 13.6. The molecule has 0 unspecified atom stereocenters. The van der Waals surface area contributed by atoms with Crippen LogP contribution in [0.4, 0.5) is 22.4 Å². The van der Waals surface area contributed by atoms with Gasteiger partial charge in [0.2, 0.25) is 23.7 Å². The Kier molecular flexibility index (Phi) is 24.5. The SMILES string of the molecule is CN(C)C(=O)[C@]12C[C@H]1[C@@](C)(c1cc(/C(F)=C/c3ccc(Cl)cn3)cnc1F)N=C(N)S2.CN(C)C(=O)[C@]12C[C@H]1[C@@](C)(c1cc(B3OC(C)(C)C(C)(C)O3)cnc1F)N=C(N(COCC[Si](C)(C)C)C(=O)OC(C)(C)C)S2.F/C(Br)=C\c1ccc(Cl)cn1.O=Cc1ccc(Cl)cn1. The van der Waals surface area contributed by atoms with Crippen LogP contribution in [0, 0.1) is 23.7 Å². The van der Waals surface area contributed by atoms with Gasteiger partial charge >= 0.3 is 13.2 Å². The number of rotatable bonds is 14. The zero-order valence-corrected chi connectivity index (χ0v) is 62.6. The smallest absolute Gasteiger partial charge is 0.443 e. The van der Waals surface area contributed by atoms with Crippen LogP contribution in [0.5, 0.6) is 0 Å². The van der Waals surface area contributed by atoms with E-state index < -0.39 is 81.1 Å². The van der Waals surface area contributed by atoms with Crippen molar-refractivity contribution >= 4 is 147 Å². The summed E-state index contributed by atoms with van der Waals surface area (Å²) in [5, 5.41) is 1.95. The summed E-state index contributed by atoms with van der Waals surface area (Å²) in [6.45, 7) is 23.7. The van der Waals surface area contributed by atoms with Crippen molar-refractivity contribution in [2.45, 2.75) is 138 Å². The largest absolute Gasteiger partial charge is 0.496 e. The van der Waals surface area contributed by atoms with Gasteiger partial charge < -0.3 is 34.3 Å². The van der Waals surface area contributed by atoms with E-state index in [-0.39, 0.29) is 57.4 Å². The molecule has 2 N–H and O–H groups in total. The molecule has 0 aromatic carbocycles. The number of nitrogens with two attached hydrogens (primary N) is 1. The molecule has 3 fully saturated rings. The van der Waals surface area contributed by atoms with Gasteiger partial charge in [0, 0.05) is 120 Å². The molecule has 2 saturated carbocycles. The van der Waals surface area contributed by atoms with Crippen LogP contribution in [0.3, 0.4) is 0 Å². The first-order valence-electron chi connectivity index (χ1n) is 30.2. The number of amidine groups is 2. The van der Waals surface area contributed by atoms with Crippen molar-refractivity contribution in [1.82, 2.24) is 39.6 Å². The molecule has 96 heavy (non-hydrogen) atoms. The number of halogens is 8. The molecule has 6 atom stereocenters. The van der Waals surface area contributed by atoms with Crippen LogP contribution in [0.2, 0.25) is 40.8 Å². The number of hydrogen-bond acceptors (Lipinski definition) is 18. The number of pyridine rings is 5. The van der Waals surface area contributed by atoms with Crippen LogP contribution in [-0.4, -0.2) is 157 Å². The highest BCUT2D eigenvalue weighted by molar-refractivity contribution is 9.11. The molecule has 0 bridgehead atoms. The summed E-state index contributed by atoms with van der Waals surface area (Å²) in [7, 11) is 4.56. The highest BCUT2D eigenvalue weighted by atomic mass is 79.9. The molecule has 5 aromatic heterocycles. The van der Waals surface area contributed by atoms with Crippen molar-refractivity contribution in [3.05, 3.63) is 145 Å². The number of ether oxygens (including phenoxy) is 2. The van der Waals surface area contributed by atoms with Gasteiger partial charge in [0.1, 0.15) is 33.3 Å². The van der Waals surface area contributed by atoms with E-state index in [1.165, 1.54) is 81.2 Å². The van der Waals surface area contributed by atoms with Crippen LogP contribution in [0.1, 0.15) is 114 Å². The number of carbonyl (C=O) groups is 4. The fourth-order valence-corrected chi connectivity index (χ4v) is 15.1. The highest BCUT2D eigenvalue weighted by Gasteiger charge is 2.73. The zero-order chi connectivity index (χ0) is 71.5. The van der Waals surface area contributed by atoms with Gasteiger partial charge in [0.05, 0.1) is 48.7 Å². The van der Waals surface area contributed by atoms with E-state index >= 15 is 4.39 Å². The third kappa shape index (κ3) is 18.5. The van der Waals surface area contributed by atoms with Crippen LogP contribution < -0.4 is 11.2 Å². The Hall–Kier alpha value is -5.82. The van der Waals surface area contributed by atoms with Gasteiger partial charge in [-0.05, 0) is 140 Å². The molecule has 10 rings (SSSR count). The van der Waals surface area contributed by atoms with Gasteiger partial charge in [-0.2, -0.15) is 13.2 Å². The molecule has 19 nitrogen and oxygen atoms in total. The third-order valence-corrected chi connectivity index (χ3v) is 21.9. The third-order valence-electron chi connectivity index (χ3n) is 16.5. The number of thioether (sulfide) groups is 2. The second kappa shape index (κ2) is 30.3. The molecule has 0 radical (unpaired) electrons. The van der Waals surface area contributed by atoms with E-state index in [1.807, 2.05) is 27.7 Å². The lowest BCUT2D eigenvalue weighted by Gasteiger charge is -2.38. The molecule has 5 aliphatic rings. The Labute approximate surface area is 590 Å². The predicted octanol–water partition coefficient (Wildman–Crippen LogP) is 14.0. The monoisotopic (exact) mass is 1500 g/mol. The van der Waals surface area contributed by atoms with Gasteiger partial charge in [-0.15, -0.1) is 0 Å². The van der Waals surface area contributed by atoms with E-state index in [1.54, 1.807) is 105 Å². The van der Waals surface area contributed by atoms with Crippen LogP contribution in [0.15, 0.2) is 94.2 Å². The minimum absolute atomic E-state index is 0.0755. The van der Waals surface area contributed by atoms with E-state index in [0.29, 0.717) is 63.3 Å². The zero-order valence-electron chi connectivity index (χ0n) is 56.2. The number of aliphatic imine (C=N–C) groups is 2. The van der Waals surface area contributed by atoms with Crippen molar-refractivity contribution in [2.75, 3.05) is 41.5 Å². The standard InChI is InChI=1S/C31H50BFN4O6SSi.C21H20ClF2N5OS.C7H4BrClFN.C6H4ClNO/c1-27(2,3)41-26(39)37(19-40-14-15-45(11,12)13)25-35-30(8,22-17-31(22,44-25)24(38)36(9)10)21-16-20(18-34-23(21)33)32-42-28(4,5)29(6,7)43-32;1-20(16-8-21(16,18(30)29(2)3)31-19(25)28-20)14-6-11(9-27-17(14)24)15(23)7-13-5-4-12(22)10-26-13;8-7(10)3-6-2-1-5(9)4-11-6;7-5-1-2-6(4-9)8-3-5/h16,18,22H,14-15,17,19H2,1-13H3;4-7,9-10,16H,8H2,1-3H3,(H2,25,28);1-4H;1-4H/b;15-7-;7-3-;/t22-,30+,31-;16-,20+,21-;;/m00../s1. The first-order chi connectivity index (χ1) is 44.5. The van der Waals surface area contributed by atoms with Gasteiger partial charge in [-0.1, -0.05) is 84.0 Å². The maximum Gasteiger partial charge on any atom is 0.496 e. The molecule has 8 heterocycles. The van der Waals surface area contributed by atoms with Gasteiger partial charge in [-0.25, -0.2) is 24.1 Å². The van der Waals surface area contributed by atoms with Gasteiger partial charge in [0.25, 0.3) is 0 Å². The summed E-state index contributed by atoms with van der Waals surface area (Å²) < 4.78 is 79.9. The topological polar surface area (TPSA) is 230 Å². The summed E-state index contributed by atoms with van der Waals surface area (Å²) in [5.41, 5.74) is 3.87. The van der Waals surface area contributed by atoms with Crippen molar-refractivity contribution in [1.29, 1.82) is 0 Å². The van der Waals surface area contributed by atoms with Crippen molar-refractivity contribution < 1.29 is 55.5 Å². The Morgan fingerprint density at radius 2 is 1.19 bits per heavy atom. The van der Waals surface area contributed by atoms with Crippen LogP contribution >= 0.6 is 74.3 Å². The summed E-state index contributed by atoms with van der Waals surface area (Å²) in [4.78, 5) is 83.6. The molecule has 3 amide bonds. The Bertz CT molecular complexity index is 3820. The van der Waals surface area contributed by atoms with Crippen LogP contribution in [0.25, 0.3) is 18.0 Å². The maximum atomic E-state index is 15.8. The average molecular weight is 1510 g/mol. The molecule has 0 spiro atoms. The Morgan fingerprint density at radius 1 is 0.719 bits per heavy atom.